The van der Waals surface area contributed by atoms with E-state index in [9.17, 15) is 9.90 Å². The number of aromatic carboxylic acids is 1. The third kappa shape index (κ3) is 4.24. The molecule has 4 aromatic carbocycles. The lowest BCUT2D eigenvalue weighted by Crippen LogP contribution is -2.01. The Morgan fingerprint density at radius 1 is 0.824 bits per heavy atom. The molecule has 1 aromatic heterocycles. The molecule has 0 fully saturated rings. The number of carbonyl (C=O) groups is 1. The zero-order valence-electron chi connectivity index (χ0n) is 18.3. The van der Waals surface area contributed by atoms with E-state index in [4.69, 9.17) is 4.74 Å². The van der Waals surface area contributed by atoms with Crippen LogP contribution in [-0.2, 0) is 0 Å². The van der Waals surface area contributed by atoms with Crippen LogP contribution in [0.2, 0.25) is 0 Å². The molecule has 0 unspecified atom stereocenters. The van der Waals surface area contributed by atoms with Crippen molar-refractivity contribution >= 4 is 16.9 Å². The summed E-state index contributed by atoms with van der Waals surface area (Å²) >= 11 is 0. The van der Waals surface area contributed by atoms with Crippen LogP contribution in [0.25, 0.3) is 33.3 Å². The van der Waals surface area contributed by atoms with Gasteiger partial charge in [0.1, 0.15) is 17.3 Å². The Bertz CT molecular complexity index is 1510. The van der Waals surface area contributed by atoms with Crippen LogP contribution in [0.1, 0.15) is 15.9 Å². The maximum absolute atomic E-state index is 15.1. The number of rotatable bonds is 5. The van der Waals surface area contributed by atoms with E-state index < -0.39 is 11.8 Å². The van der Waals surface area contributed by atoms with E-state index in [1.165, 1.54) is 12.1 Å². The molecule has 0 radical (unpaired) electrons. The summed E-state index contributed by atoms with van der Waals surface area (Å²) in [5, 5.41) is 10.3. The molecule has 0 aliphatic carbocycles. The predicted octanol–water partition coefficient (Wildman–Crippen LogP) is 7.51. The Labute approximate surface area is 195 Å². The summed E-state index contributed by atoms with van der Waals surface area (Å²) < 4.78 is 20.9. The molecule has 0 aliphatic heterocycles. The highest BCUT2D eigenvalue weighted by molar-refractivity contribution is 6.04. The summed E-state index contributed by atoms with van der Waals surface area (Å²) in [6.45, 7) is 1.90. The summed E-state index contributed by atoms with van der Waals surface area (Å²) in [6.07, 6.45) is 0. The van der Waals surface area contributed by atoms with Gasteiger partial charge in [-0.25, -0.2) is 14.2 Å². The van der Waals surface area contributed by atoms with Gasteiger partial charge in [-0.1, -0.05) is 54.1 Å². The molecular weight excluding hydrogens is 429 g/mol. The second-order valence-electron chi connectivity index (χ2n) is 8.01. The molecule has 0 amide bonds. The van der Waals surface area contributed by atoms with Crippen molar-refractivity contribution in [2.45, 2.75) is 6.92 Å². The van der Waals surface area contributed by atoms with E-state index in [1.807, 2.05) is 43.3 Å². The largest absolute Gasteiger partial charge is 0.478 e. The van der Waals surface area contributed by atoms with Crippen molar-refractivity contribution in [2.24, 2.45) is 0 Å². The van der Waals surface area contributed by atoms with Crippen LogP contribution in [0.5, 0.6) is 11.5 Å². The van der Waals surface area contributed by atoms with Gasteiger partial charge < -0.3 is 9.84 Å². The zero-order chi connectivity index (χ0) is 23.7. The van der Waals surface area contributed by atoms with Gasteiger partial charge in [-0.3, -0.25) is 0 Å². The lowest BCUT2D eigenvalue weighted by molar-refractivity contribution is 0.0699. The first kappa shape index (κ1) is 21.3. The van der Waals surface area contributed by atoms with E-state index in [0.717, 1.165) is 11.3 Å². The molecule has 0 saturated carbocycles. The molecule has 0 saturated heterocycles. The van der Waals surface area contributed by atoms with Crippen LogP contribution >= 0.6 is 0 Å². The standard InChI is InChI=1S/C29H20FNO3/c1-18-7-14-27-24(15-18)25(29(32)33)17-28(31-27)20-10-13-23(26(30)16-20)19-8-11-22(12-9-19)34-21-5-3-2-4-6-21/h2-17H,1H3,(H,32,33). The smallest absolute Gasteiger partial charge is 0.336 e. The molecule has 0 aliphatic rings. The van der Waals surface area contributed by atoms with E-state index >= 15 is 4.39 Å². The SMILES string of the molecule is Cc1ccc2nc(-c3ccc(-c4ccc(Oc5ccccc5)cc4)c(F)c3)cc(C(=O)O)c2c1. The number of nitrogens with zero attached hydrogens (tertiary/aromatic N) is 1. The normalized spacial score (nSPS) is 10.9. The van der Waals surface area contributed by atoms with Crippen molar-refractivity contribution in [3.05, 3.63) is 114 Å². The summed E-state index contributed by atoms with van der Waals surface area (Å²) in [5.41, 5.74) is 3.70. The van der Waals surface area contributed by atoms with Gasteiger partial charge in [0.25, 0.3) is 0 Å². The number of pyridine rings is 1. The molecule has 0 atom stereocenters. The van der Waals surface area contributed by atoms with Crippen molar-refractivity contribution in [3.63, 3.8) is 0 Å². The highest BCUT2D eigenvalue weighted by Gasteiger charge is 2.15. The van der Waals surface area contributed by atoms with Gasteiger partial charge >= 0.3 is 5.97 Å². The predicted molar refractivity (Wildman–Crippen MR) is 131 cm³/mol. The van der Waals surface area contributed by atoms with Gasteiger partial charge in [0, 0.05) is 16.5 Å². The molecule has 4 nitrogen and oxygen atoms in total. The Morgan fingerprint density at radius 3 is 2.24 bits per heavy atom. The zero-order valence-corrected chi connectivity index (χ0v) is 18.3. The third-order valence-electron chi connectivity index (χ3n) is 5.60. The number of hydrogen-bond donors (Lipinski definition) is 1. The Morgan fingerprint density at radius 2 is 1.53 bits per heavy atom. The number of halogens is 1. The van der Waals surface area contributed by atoms with Gasteiger partial charge in [-0.05, 0) is 61.0 Å². The lowest BCUT2D eigenvalue weighted by atomic mass is 9.99. The van der Waals surface area contributed by atoms with Crippen LogP contribution in [0.4, 0.5) is 4.39 Å². The number of hydrogen-bond acceptors (Lipinski definition) is 3. The fourth-order valence-electron chi connectivity index (χ4n) is 3.90. The number of carboxylic acids is 1. The number of aryl methyl sites for hydroxylation is 1. The quantitative estimate of drug-likeness (QED) is 0.302. The first-order valence-corrected chi connectivity index (χ1v) is 10.8. The van der Waals surface area contributed by atoms with Crippen LogP contribution in [0, 0.1) is 12.7 Å². The number of carboxylic acid groups (broad SMARTS) is 1. The second-order valence-corrected chi connectivity index (χ2v) is 8.01. The average Bonchev–Trinajstić information content (AvgIpc) is 2.84. The van der Waals surface area contributed by atoms with E-state index in [1.54, 1.807) is 48.5 Å². The number of ether oxygens (including phenoxy) is 1. The minimum atomic E-state index is -1.05. The minimum absolute atomic E-state index is 0.141. The average molecular weight is 449 g/mol. The summed E-state index contributed by atoms with van der Waals surface area (Å²) in [6, 6.07) is 28.4. The number of benzene rings is 4. The van der Waals surface area contributed by atoms with Crippen LogP contribution in [0.3, 0.4) is 0 Å². The molecule has 0 spiro atoms. The maximum atomic E-state index is 15.1. The van der Waals surface area contributed by atoms with E-state index in [2.05, 4.69) is 4.98 Å². The molecule has 5 rings (SSSR count). The summed E-state index contributed by atoms with van der Waals surface area (Å²) in [4.78, 5) is 16.4. The first-order valence-electron chi connectivity index (χ1n) is 10.8. The van der Waals surface area contributed by atoms with E-state index in [0.29, 0.717) is 39.0 Å². The molecule has 1 N–H and O–H groups in total. The summed E-state index contributed by atoms with van der Waals surface area (Å²) in [5.74, 6) is -0.0839. The molecule has 0 bridgehead atoms. The topological polar surface area (TPSA) is 59.4 Å². The molecule has 34 heavy (non-hydrogen) atoms. The van der Waals surface area contributed by atoms with Gasteiger partial charge in [-0.2, -0.15) is 0 Å². The lowest BCUT2D eigenvalue weighted by Gasteiger charge is -2.10. The third-order valence-corrected chi connectivity index (χ3v) is 5.60. The molecule has 5 heteroatoms. The van der Waals surface area contributed by atoms with Crippen LogP contribution in [-0.4, -0.2) is 16.1 Å². The molecular formula is C29H20FNO3. The fourth-order valence-corrected chi connectivity index (χ4v) is 3.90. The summed E-state index contributed by atoms with van der Waals surface area (Å²) in [7, 11) is 0. The second kappa shape index (κ2) is 8.79. The highest BCUT2D eigenvalue weighted by Crippen LogP contribution is 2.31. The van der Waals surface area contributed by atoms with Gasteiger partial charge in [0.05, 0.1) is 16.8 Å². The Hall–Kier alpha value is -4.51. The van der Waals surface area contributed by atoms with Gasteiger partial charge in [0.15, 0.2) is 0 Å². The van der Waals surface area contributed by atoms with Crippen molar-refractivity contribution in [1.82, 2.24) is 4.98 Å². The minimum Gasteiger partial charge on any atom is -0.478 e. The number of fused-ring (bicyclic) bond motifs is 1. The van der Waals surface area contributed by atoms with Crippen molar-refractivity contribution in [1.29, 1.82) is 0 Å². The Balaban J connectivity index is 1.47. The number of para-hydroxylation sites is 1. The van der Waals surface area contributed by atoms with Crippen molar-refractivity contribution in [2.75, 3.05) is 0 Å². The van der Waals surface area contributed by atoms with Gasteiger partial charge in [-0.15, -0.1) is 0 Å². The molecule has 5 aromatic rings. The van der Waals surface area contributed by atoms with Crippen molar-refractivity contribution < 1.29 is 19.0 Å². The highest BCUT2D eigenvalue weighted by atomic mass is 19.1. The molecule has 1 heterocycles. The van der Waals surface area contributed by atoms with Crippen LogP contribution in [0.15, 0.2) is 97.1 Å². The fraction of sp³-hybridized carbons (Fsp3) is 0.0345. The monoisotopic (exact) mass is 449 g/mol. The van der Waals surface area contributed by atoms with Crippen molar-refractivity contribution in [3.8, 4) is 33.9 Å². The number of aromatic nitrogens is 1. The van der Waals surface area contributed by atoms with Crippen LogP contribution < -0.4 is 4.74 Å². The maximum Gasteiger partial charge on any atom is 0.336 e. The van der Waals surface area contributed by atoms with Gasteiger partial charge in [0.2, 0.25) is 0 Å². The Kier molecular flexibility index (Phi) is 5.52. The first-order chi connectivity index (χ1) is 16.5. The molecule has 166 valence electrons. The van der Waals surface area contributed by atoms with E-state index in [-0.39, 0.29) is 5.56 Å².